The van der Waals surface area contributed by atoms with Gasteiger partial charge >= 0.3 is 0 Å². The molecular weight excluding hydrogens is 268 g/mol. The summed E-state index contributed by atoms with van der Waals surface area (Å²) in [6.07, 6.45) is 8.72. The first kappa shape index (κ1) is 13.7. The standard InChI is InChI=1S/C16H16N2O3/c1-11-14(13-8-4-6-10-17-13)15(21-18-11)12-7-3-5-9-16(12,19)20-2/h3-10,12,19H,1-2H3. The van der Waals surface area contributed by atoms with E-state index < -0.39 is 11.7 Å². The van der Waals surface area contributed by atoms with Crippen LogP contribution >= 0.6 is 0 Å². The molecule has 1 aliphatic rings. The van der Waals surface area contributed by atoms with Crippen LogP contribution in [0.5, 0.6) is 0 Å². The van der Waals surface area contributed by atoms with E-state index in [1.54, 1.807) is 18.3 Å². The first-order valence-corrected chi connectivity index (χ1v) is 6.67. The number of hydrogen-bond acceptors (Lipinski definition) is 5. The van der Waals surface area contributed by atoms with Crippen molar-refractivity contribution in [1.82, 2.24) is 10.1 Å². The third-order valence-electron chi connectivity index (χ3n) is 3.61. The maximum atomic E-state index is 10.6. The van der Waals surface area contributed by atoms with Gasteiger partial charge < -0.3 is 14.4 Å². The minimum atomic E-state index is -1.45. The van der Waals surface area contributed by atoms with Crippen molar-refractivity contribution in [3.8, 4) is 11.3 Å². The fourth-order valence-corrected chi connectivity index (χ4v) is 2.50. The lowest BCUT2D eigenvalue weighted by molar-refractivity contribution is -0.158. The predicted molar refractivity (Wildman–Crippen MR) is 77.5 cm³/mol. The Balaban J connectivity index is 2.12. The maximum Gasteiger partial charge on any atom is 0.199 e. The quantitative estimate of drug-likeness (QED) is 0.877. The van der Waals surface area contributed by atoms with Gasteiger partial charge in [0.15, 0.2) is 11.5 Å². The summed E-state index contributed by atoms with van der Waals surface area (Å²) in [6.45, 7) is 1.85. The highest BCUT2D eigenvalue weighted by Crippen LogP contribution is 2.40. The Morgan fingerprint density at radius 2 is 2.19 bits per heavy atom. The minimum Gasteiger partial charge on any atom is -0.361 e. The van der Waals surface area contributed by atoms with Gasteiger partial charge in [-0.2, -0.15) is 0 Å². The molecule has 0 saturated heterocycles. The van der Waals surface area contributed by atoms with Gasteiger partial charge in [-0.15, -0.1) is 0 Å². The molecule has 21 heavy (non-hydrogen) atoms. The second-order valence-electron chi connectivity index (χ2n) is 4.90. The summed E-state index contributed by atoms with van der Waals surface area (Å²) in [6, 6.07) is 5.63. The van der Waals surface area contributed by atoms with Crippen molar-refractivity contribution in [3.05, 3.63) is 60.2 Å². The zero-order valence-corrected chi connectivity index (χ0v) is 11.9. The zero-order chi connectivity index (χ0) is 14.9. The Morgan fingerprint density at radius 1 is 1.33 bits per heavy atom. The Hall–Kier alpha value is -2.24. The van der Waals surface area contributed by atoms with Crippen LogP contribution in [-0.2, 0) is 4.74 Å². The maximum absolute atomic E-state index is 10.6. The van der Waals surface area contributed by atoms with Gasteiger partial charge in [0.25, 0.3) is 0 Å². The van der Waals surface area contributed by atoms with Gasteiger partial charge in [-0.1, -0.05) is 29.5 Å². The second-order valence-corrected chi connectivity index (χ2v) is 4.90. The van der Waals surface area contributed by atoms with Crippen molar-refractivity contribution in [2.75, 3.05) is 7.11 Å². The number of rotatable bonds is 3. The molecular formula is C16H16N2O3. The minimum absolute atomic E-state index is 0.481. The molecule has 0 bridgehead atoms. The van der Waals surface area contributed by atoms with Crippen LogP contribution < -0.4 is 0 Å². The second kappa shape index (κ2) is 5.27. The highest BCUT2D eigenvalue weighted by molar-refractivity contribution is 5.65. The van der Waals surface area contributed by atoms with Gasteiger partial charge in [0, 0.05) is 13.3 Å². The third-order valence-corrected chi connectivity index (χ3v) is 3.61. The third kappa shape index (κ3) is 2.30. The summed E-state index contributed by atoms with van der Waals surface area (Å²) in [7, 11) is 1.46. The van der Waals surface area contributed by atoms with E-state index in [0.717, 1.165) is 17.0 Å². The molecule has 3 rings (SSSR count). The Morgan fingerprint density at radius 3 is 2.90 bits per heavy atom. The Bertz CT molecular complexity index is 691. The smallest absolute Gasteiger partial charge is 0.199 e. The average Bonchev–Trinajstić information content (AvgIpc) is 2.90. The summed E-state index contributed by atoms with van der Waals surface area (Å²) >= 11 is 0. The lowest BCUT2D eigenvalue weighted by atomic mass is 9.88. The van der Waals surface area contributed by atoms with Gasteiger partial charge in [0.1, 0.15) is 0 Å². The molecule has 1 N–H and O–H groups in total. The Kier molecular flexibility index (Phi) is 3.45. The van der Waals surface area contributed by atoms with Gasteiger partial charge in [0.2, 0.25) is 0 Å². The number of aliphatic hydroxyl groups is 1. The molecule has 0 aromatic carbocycles. The van der Waals surface area contributed by atoms with Crippen LogP contribution in [0.4, 0.5) is 0 Å². The summed E-state index contributed by atoms with van der Waals surface area (Å²) in [4.78, 5) is 4.35. The fraction of sp³-hybridized carbons (Fsp3) is 0.250. The molecule has 5 heteroatoms. The molecule has 0 amide bonds. The Labute approximate surface area is 122 Å². The van der Waals surface area contributed by atoms with E-state index in [9.17, 15) is 5.11 Å². The van der Waals surface area contributed by atoms with Crippen molar-refractivity contribution in [2.45, 2.75) is 18.6 Å². The van der Waals surface area contributed by atoms with Crippen molar-refractivity contribution in [1.29, 1.82) is 0 Å². The van der Waals surface area contributed by atoms with Gasteiger partial charge in [-0.05, 0) is 25.1 Å². The van der Waals surface area contributed by atoms with E-state index in [4.69, 9.17) is 9.26 Å². The molecule has 2 aromatic heterocycles. The first-order chi connectivity index (χ1) is 10.2. The van der Waals surface area contributed by atoms with E-state index in [0.29, 0.717) is 5.76 Å². The van der Waals surface area contributed by atoms with Crippen molar-refractivity contribution in [2.24, 2.45) is 0 Å². The molecule has 1 aliphatic carbocycles. The van der Waals surface area contributed by atoms with Gasteiger partial charge in [-0.3, -0.25) is 4.98 Å². The normalized spacial score (nSPS) is 24.4. The van der Waals surface area contributed by atoms with Crippen molar-refractivity contribution >= 4 is 0 Å². The van der Waals surface area contributed by atoms with Crippen LogP contribution in [0.3, 0.4) is 0 Å². The van der Waals surface area contributed by atoms with Gasteiger partial charge in [0.05, 0.1) is 22.9 Å². The number of nitrogens with zero attached hydrogens (tertiary/aromatic N) is 2. The lowest BCUT2D eigenvalue weighted by Gasteiger charge is -2.30. The molecule has 2 atom stereocenters. The van der Waals surface area contributed by atoms with E-state index in [1.807, 2.05) is 37.3 Å². The molecule has 2 unspecified atom stereocenters. The molecule has 0 aliphatic heterocycles. The van der Waals surface area contributed by atoms with E-state index in [1.165, 1.54) is 7.11 Å². The summed E-state index contributed by atoms with van der Waals surface area (Å²) in [5.74, 6) is -1.40. The highest BCUT2D eigenvalue weighted by atomic mass is 16.6. The predicted octanol–water partition coefficient (Wildman–Crippen LogP) is 2.59. The molecule has 2 aromatic rings. The van der Waals surface area contributed by atoms with Crippen LogP contribution in [0.2, 0.25) is 0 Å². The van der Waals surface area contributed by atoms with Crippen molar-refractivity contribution < 1.29 is 14.4 Å². The van der Waals surface area contributed by atoms with Crippen LogP contribution in [0, 0.1) is 6.92 Å². The lowest BCUT2D eigenvalue weighted by Crippen LogP contribution is -2.36. The number of aryl methyl sites for hydroxylation is 1. The molecule has 0 fully saturated rings. The molecule has 0 radical (unpaired) electrons. The topological polar surface area (TPSA) is 68.4 Å². The number of hydrogen-bond donors (Lipinski definition) is 1. The average molecular weight is 284 g/mol. The van der Waals surface area contributed by atoms with Crippen LogP contribution in [0.1, 0.15) is 17.4 Å². The number of allylic oxidation sites excluding steroid dienone is 2. The summed E-state index contributed by atoms with van der Waals surface area (Å²) in [5.41, 5.74) is 2.27. The molecule has 2 heterocycles. The molecule has 5 nitrogen and oxygen atoms in total. The summed E-state index contributed by atoms with van der Waals surface area (Å²) < 4.78 is 10.7. The van der Waals surface area contributed by atoms with E-state index >= 15 is 0 Å². The number of methoxy groups -OCH3 is 1. The molecule has 0 saturated carbocycles. The van der Waals surface area contributed by atoms with E-state index in [-0.39, 0.29) is 0 Å². The van der Waals surface area contributed by atoms with Gasteiger partial charge in [-0.25, -0.2) is 0 Å². The highest BCUT2D eigenvalue weighted by Gasteiger charge is 2.40. The number of pyridine rings is 1. The SMILES string of the molecule is COC1(O)C=CC=CC1c1onc(C)c1-c1ccccn1. The first-order valence-electron chi connectivity index (χ1n) is 6.67. The number of aromatic nitrogens is 2. The monoisotopic (exact) mass is 284 g/mol. The summed E-state index contributed by atoms with van der Waals surface area (Å²) in [5, 5.41) is 14.6. The largest absolute Gasteiger partial charge is 0.361 e. The van der Waals surface area contributed by atoms with Crippen LogP contribution in [0.25, 0.3) is 11.3 Å². The molecule has 0 spiro atoms. The van der Waals surface area contributed by atoms with E-state index in [2.05, 4.69) is 10.1 Å². The van der Waals surface area contributed by atoms with Crippen molar-refractivity contribution in [3.63, 3.8) is 0 Å². The number of ether oxygens (including phenoxy) is 1. The zero-order valence-electron chi connectivity index (χ0n) is 11.9. The van der Waals surface area contributed by atoms with Crippen LogP contribution in [-0.4, -0.2) is 28.1 Å². The fourth-order valence-electron chi connectivity index (χ4n) is 2.50. The molecule has 108 valence electrons. The van der Waals surface area contributed by atoms with Crippen LogP contribution in [0.15, 0.2) is 53.2 Å².